The predicted molar refractivity (Wildman–Crippen MR) is 85.6 cm³/mol. The molecule has 0 bridgehead atoms. The van der Waals surface area contributed by atoms with Crippen molar-refractivity contribution in [1.82, 2.24) is 5.32 Å². The molecular weight excluding hydrogens is 302 g/mol. The monoisotopic (exact) mass is 327 g/mol. The lowest BCUT2D eigenvalue weighted by Gasteiger charge is -2.19. The zero-order chi connectivity index (χ0) is 17.4. The minimum absolute atomic E-state index is 0.189. The Morgan fingerprint density at radius 2 is 1.73 bits per heavy atom. The molecule has 0 aliphatic heterocycles. The van der Waals surface area contributed by atoms with Crippen molar-refractivity contribution >= 4 is 23.5 Å². The summed E-state index contributed by atoms with van der Waals surface area (Å²) in [7, 11) is 0. The molecule has 0 aliphatic rings. The van der Waals surface area contributed by atoms with Crippen molar-refractivity contribution in [2.45, 2.75) is 59.1 Å². The predicted octanol–water partition coefficient (Wildman–Crippen LogP) is 2.89. The lowest BCUT2D eigenvalue weighted by Crippen LogP contribution is -2.31. The fourth-order valence-electron chi connectivity index (χ4n) is 1.54. The fourth-order valence-corrected chi connectivity index (χ4v) is 2.58. The van der Waals surface area contributed by atoms with Gasteiger partial charge < -0.3 is 10.1 Å². The van der Waals surface area contributed by atoms with Crippen LogP contribution in [0.25, 0.3) is 0 Å². The molecule has 124 valence electrons. The molecule has 5 nitrogen and oxygen atoms in total. The third-order valence-electron chi connectivity index (χ3n) is 2.39. The molecule has 1 aromatic heterocycles. The number of carbonyl (C=O) groups is 1. The number of carbonyl (C=O) groups excluding carboxylic acids is 3. The summed E-state index contributed by atoms with van der Waals surface area (Å²) in [5.74, 6) is -0.208. The Morgan fingerprint density at radius 1 is 1.18 bits per heavy atom. The van der Waals surface area contributed by atoms with Crippen molar-refractivity contribution in [2.75, 3.05) is 6.54 Å². The maximum Gasteiger partial charge on any atom is 0.373 e. The second-order valence-corrected chi connectivity index (χ2v) is 7.96. The average Bonchev–Trinajstić information content (AvgIpc) is 2.75. The molecule has 0 aromatic carbocycles. The van der Waals surface area contributed by atoms with Crippen LogP contribution in [0.15, 0.2) is 12.1 Å². The SMILES string of the molecule is CC(C)(C)OC(=O)CNCc1ccc(C(C)(C)C)s1.O=C=O. The molecule has 0 radical (unpaired) electrons. The van der Waals surface area contributed by atoms with Crippen molar-refractivity contribution in [2.24, 2.45) is 0 Å². The first-order valence-corrected chi connectivity index (χ1v) is 7.82. The average molecular weight is 327 g/mol. The Bertz CT molecular complexity index is 503. The first-order valence-electron chi connectivity index (χ1n) is 7.00. The highest BCUT2D eigenvalue weighted by molar-refractivity contribution is 7.12. The van der Waals surface area contributed by atoms with E-state index in [1.165, 1.54) is 9.75 Å². The maximum atomic E-state index is 11.5. The van der Waals surface area contributed by atoms with Crippen LogP contribution in [0.1, 0.15) is 51.3 Å². The largest absolute Gasteiger partial charge is 0.459 e. The van der Waals surface area contributed by atoms with E-state index >= 15 is 0 Å². The number of hydrogen-bond acceptors (Lipinski definition) is 6. The first kappa shape index (κ1) is 20.5. The van der Waals surface area contributed by atoms with E-state index in [1.54, 1.807) is 11.3 Å². The molecule has 0 saturated heterocycles. The summed E-state index contributed by atoms with van der Waals surface area (Å²) >= 11 is 1.79. The van der Waals surface area contributed by atoms with Crippen molar-refractivity contribution in [3.05, 3.63) is 21.9 Å². The van der Waals surface area contributed by atoms with E-state index in [-0.39, 0.29) is 24.1 Å². The highest BCUT2D eigenvalue weighted by Crippen LogP contribution is 2.29. The summed E-state index contributed by atoms with van der Waals surface area (Å²) in [6.07, 6.45) is 0.250. The van der Waals surface area contributed by atoms with Crippen LogP contribution in [0, 0.1) is 0 Å². The van der Waals surface area contributed by atoms with Crippen molar-refractivity contribution in [1.29, 1.82) is 0 Å². The number of rotatable bonds is 4. The molecule has 1 heterocycles. The van der Waals surface area contributed by atoms with Crippen LogP contribution in [0.5, 0.6) is 0 Å². The van der Waals surface area contributed by atoms with Gasteiger partial charge in [-0.1, -0.05) is 20.8 Å². The van der Waals surface area contributed by atoms with E-state index in [0.29, 0.717) is 6.54 Å². The lowest BCUT2D eigenvalue weighted by atomic mass is 9.95. The van der Waals surface area contributed by atoms with Crippen molar-refractivity contribution < 1.29 is 19.1 Å². The first-order chi connectivity index (χ1) is 9.99. The van der Waals surface area contributed by atoms with Gasteiger partial charge in [0.25, 0.3) is 0 Å². The van der Waals surface area contributed by atoms with Crippen LogP contribution >= 0.6 is 11.3 Å². The van der Waals surface area contributed by atoms with Gasteiger partial charge in [-0.3, -0.25) is 4.79 Å². The van der Waals surface area contributed by atoms with Crippen LogP contribution in [-0.4, -0.2) is 24.3 Å². The Labute approximate surface area is 136 Å². The van der Waals surface area contributed by atoms with Crippen LogP contribution in [0.2, 0.25) is 0 Å². The summed E-state index contributed by atoms with van der Waals surface area (Å²) in [5.41, 5.74) is -0.227. The quantitative estimate of drug-likeness (QED) is 0.861. The van der Waals surface area contributed by atoms with E-state index in [0.717, 1.165) is 0 Å². The summed E-state index contributed by atoms with van der Waals surface area (Å²) < 4.78 is 5.24. The minimum atomic E-state index is -0.416. The summed E-state index contributed by atoms with van der Waals surface area (Å²) in [4.78, 5) is 30.4. The molecule has 0 saturated carbocycles. The van der Waals surface area contributed by atoms with Crippen LogP contribution in [0.4, 0.5) is 0 Å². The number of hydrogen-bond donors (Lipinski definition) is 1. The molecule has 1 N–H and O–H groups in total. The third kappa shape index (κ3) is 9.45. The molecule has 0 spiro atoms. The Hall–Kier alpha value is -1.49. The summed E-state index contributed by atoms with van der Waals surface area (Å²) in [5, 5.41) is 3.12. The van der Waals surface area contributed by atoms with E-state index in [9.17, 15) is 4.79 Å². The van der Waals surface area contributed by atoms with E-state index in [1.807, 2.05) is 20.8 Å². The molecule has 0 aliphatic carbocycles. The summed E-state index contributed by atoms with van der Waals surface area (Å²) in [6, 6.07) is 4.28. The number of esters is 1. The molecular formula is C16H25NO4S. The van der Waals surface area contributed by atoms with Crippen LogP contribution in [-0.2, 0) is 31.1 Å². The standard InChI is InChI=1S/C15H25NO2S.CO2/c1-14(2,3)12-8-7-11(19-12)9-16-10-13(17)18-15(4,5)6;2-1-3/h7-8,16H,9-10H2,1-6H3;. The zero-order valence-electron chi connectivity index (χ0n) is 14.1. The van der Waals surface area contributed by atoms with Gasteiger partial charge >= 0.3 is 12.1 Å². The van der Waals surface area contributed by atoms with Crippen molar-refractivity contribution in [3.63, 3.8) is 0 Å². The van der Waals surface area contributed by atoms with Gasteiger partial charge in [0.05, 0.1) is 6.54 Å². The molecule has 0 unspecified atom stereocenters. The highest BCUT2D eigenvalue weighted by atomic mass is 32.1. The summed E-state index contributed by atoms with van der Waals surface area (Å²) in [6.45, 7) is 13.2. The van der Waals surface area contributed by atoms with Gasteiger partial charge in [-0.15, -0.1) is 11.3 Å². The van der Waals surface area contributed by atoms with E-state index in [4.69, 9.17) is 14.3 Å². The molecule has 0 amide bonds. The molecule has 0 fully saturated rings. The van der Waals surface area contributed by atoms with Gasteiger partial charge in [-0.05, 0) is 38.3 Å². The second-order valence-electron chi connectivity index (χ2n) is 6.79. The van der Waals surface area contributed by atoms with Crippen LogP contribution in [0.3, 0.4) is 0 Å². The second kappa shape index (κ2) is 8.83. The Balaban J connectivity index is 0.00000135. The lowest BCUT2D eigenvalue weighted by molar-refractivity contribution is -0.191. The molecule has 1 aromatic rings. The minimum Gasteiger partial charge on any atom is -0.459 e. The molecule has 22 heavy (non-hydrogen) atoms. The number of thiophene rings is 1. The van der Waals surface area contributed by atoms with E-state index < -0.39 is 5.60 Å². The van der Waals surface area contributed by atoms with Gasteiger partial charge in [-0.25, -0.2) is 0 Å². The van der Waals surface area contributed by atoms with Crippen molar-refractivity contribution in [3.8, 4) is 0 Å². The Morgan fingerprint density at radius 3 is 2.14 bits per heavy atom. The van der Waals surface area contributed by atoms with E-state index in [2.05, 4.69) is 38.2 Å². The molecule has 0 atom stereocenters. The van der Waals surface area contributed by atoms with Gasteiger partial charge in [0.2, 0.25) is 0 Å². The molecule has 6 heteroatoms. The maximum absolute atomic E-state index is 11.5. The normalized spacial score (nSPS) is 11.2. The van der Waals surface area contributed by atoms with Crippen LogP contribution < -0.4 is 5.32 Å². The number of nitrogens with one attached hydrogen (secondary N) is 1. The topological polar surface area (TPSA) is 72.5 Å². The zero-order valence-corrected chi connectivity index (χ0v) is 14.9. The number of ether oxygens (including phenoxy) is 1. The van der Waals surface area contributed by atoms with Gasteiger partial charge in [0, 0.05) is 16.3 Å². The highest BCUT2D eigenvalue weighted by Gasteiger charge is 2.17. The van der Waals surface area contributed by atoms with Gasteiger partial charge in [-0.2, -0.15) is 9.59 Å². The fraction of sp³-hybridized carbons (Fsp3) is 0.625. The van der Waals surface area contributed by atoms with Gasteiger partial charge in [0.15, 0.2) is 0 Å². The Kier molecular flexibility index (Phi) is 8.23. The third-order valence-corrected chi connectivity index (χ3v) is 3.90. The van der Waals surface area contributed by atoms with Gasteiger partial charge in [0.1, 0.15) is 5.60 Å². The smallest absolute Gasteiger partial charge is 0.373 e. The molecule has 1 rings (SSSR count).